The first-order valence-electron chi connectivity index (χ1n) is 6.64. The highest BCUT2D eigenvalue weighted by Crippen LogP contribution is 2.24. The van der Waals surface area contributed by atoms with Crippen molar-refractivity contribution in [1.82, 2.24) is 4.98 Å². The minimum atomic E-state index is -3.76. The average molecular weight is 323 g/mol. The lowest BCUT2D eigenvalue weighted by Gasteiger charge is -2.01. The number of aryl methyl sites for hydroxylation is 3. The van der Waals surface area contributed by atoms with Crippen LogP contribution in [0.25, 0.3) is 11.5 Å². The third kappa shape index (κ3) is 3.73. The minimum Gasteiger partial charge on any atom is -0.480 e. The number of hydrogen-bond acceptors (Lipinski definition) is 5. The van der Waals surface area contributed by atoms with Crippen LogP contribution in [0.1, 0.15) is 22.6 Å². The molecule has 0 amide bonds. The van der Waals surface area contributed by atoms with E-state index in [0.717, 1.165) is 16.7 Å². The zero-order valence-electron chi connectivity index (χ0n) is 12.6. The van der Waals surface area contributed by atoms with Crippen LogP contribution >= 0.6 is 0 Å². The molecular weight excluding hydrogens is 306 g/mol. The van der Waals surface area contributed by atoms with Gasteiger partial charge in [0.15, 0.2) is 9.84 Å². The minimum absolute atomic E-state index is 0.245. The van der Waals surface area contributed by atoms with E-state index in [0.29, 0.717) is 11.7 Å². The lowest BCUT2D eigenvalue weighted by atomic mass is 10.1. The molecule has 0 aliphatic rings. The molecule has 0 bridgehead atoms. The van der Waals surface area contributed by atoms with Crippen molar-refractivity contribution in [1.29, 1.82) is 0 Å². The first kappa shape index (κ1) is 16.2. The molecule has 0 spiro atoms. The molecular formula is C15H17NO5S. The number of nitrogens with zero attached hydrogens (tertiary/aromatic N) is 1. The number of oxazole rings is 1. The van der Waals surface area contributed by atoms with E-state index < -0.39 is 27.3 Å². The highest BCUT2D eigenvalue weighted by Gasteiger charge is 2.21. The van der Waals surface area contributed by atoms with Crippen molar-refractivity contribution in [3.8, 4) is 11.5 Å². The molecule has 6 nitrogen and oxygen atoms in total. The van der Waals surface area contributed by atoms with Crippen LogP contribution in [-0.4, -0.2) is 30.2 Å². The van der Waals surface area contributed by atoms with Crippen LogP contribution in [0.4, 0.5) is 0 Å². The van der Waals surface area contributed by atoms with Gasteiger partial charge in [-0.3, -0.25) is 4.79 Å². The third-order valence-electron chi connectivity index (χ3n) is 3.35. The van der Waals surface area contributed by atoms with Gasteiger partial charge in [0, 0.05) is 5.56 Å². The maximum Gasteiger partial charge on any atom is 0.318 e. The number of sulfone groups is 1. The molecule has 0 aliphatic carbocycles. The molecule has 1 aromatic heterocycles. The number of carboxylic acid groups (broad SMARTS) is 1. The van der Waals surface area contributed by atoms with Crippen LogP contribution in [0.5, 0.6) is 0 Å². The predicted octanol–water partition coefficient (Wildman–Crippen LogP) is 2.27. The van der Waals surface area contributed by atoms with Gasteiger partial charge in [-0.05, 0) is 44.0 Å². The quantitative estimate of drug-likeness (QED) is 0.906. The van der Waals surface area contributed by atoms with E-state index in [4.69, 9.17) is 9.52 Å². The number of hydrogen-bond donors (Lipinski definition) is 1. The second kappa shape index (κ2) is 5.92. The molecule has 0 radical (unpaired) electrons. The van der Waals surface area contributed by atoms with Gasteiger partial charge in [0.2, 0.25) is 5.89 Å². The number of benzene rings is 1. The van der Waals surface area contributed by atoms with Crippen molar-refractivity contribution in [3.63, 3.8) is 0 Å². The molecule has 7 heteroatoms. The summed E-state index contributed by atoms with van der Waals surface area (Å²) in [6.45, 7) is 5.57. The maximum absolute atomic E-state index is 11.7. The fourth-order valence-corrected chi connectivity index (χ4v) is 3.17. The molecule has 0 atom stereocenters. The normalized spacial score (nSPS) is 11.6. The van der Waals surface area contributed by atoms with Gasteiger partial charge >= 0.3 is 5.97 Å². The second-order valence-corrected chi connectivity index (χ2v) is 7.31. The summed E-state index contributed by atoms with van der Waals surface area (Å²) in [4.78, 5) is 14.8. The van der Waals surface area contributed by atoms with Crippen LogP contribution in [-0.2, 0) is 20.4 Å². The summed E-state index contributed by atoms with van der Waals surface area (Å²) in [5, 5.41) is 8.61. The highest BCUT2D eigenvalue weighted by molar-refractivity contribution is 7.91. The molecule has 1 aromatic carbocycles. The van der Waals surface area contributed by atoms with E-state index in [1.807, 2.05) is 32.0 Å². The lowest BCUT2D eigenvalue weighted by Crippen LogP contribution is -2.17. The van der Waals surface area contributed by atoms with Gasteiger partial charge in [-0.25, -0.2) is 13.4 Å². The Labute approximate surface area is 128 Å². The molecule has 0 unspecified atom stereocenters. The Kier molecular flexibility index (Phi) is 4.37. The molecule has 0 aliphatic heterocycles. The number of aromatic nitrogens is 1. The van der Waals surface area contributed by atoms with E-state index in [1.165, 1.54) is 0 Å². The lowest BCUT2D eigenvalue weighted by molar-refractivity contribution is -0.134. The zero-order chi connectivity index (χ0) is 16.5. The molecule has 0 fully saturated rings. The molecule has 22 heavy (non-hydrogen) atoms. The Balaban J connectivity index is 2.32. The molecule has 2 rings (SSSR count). The fourth-order valence-electron chi connectivity index (χ4n) is 2.01. The average Bonchev–Trinajstić information content (AvgIpc) is 2.72. The van der Waals surface area contributed by atoms with Gasteiger partial charge in [0.05, 0.1) is 11.4 Å². The van der Waals surface area contributed by atoms with Crippen molar-refractivity contribution in [2.45, 2.75) is 26.5 Å². The second-order valence-electron chi connectivity index (χ2n) is 5.25. The third-order valence-corrected chi connectivity index (χ3v) is 4.75. The van der Waals surface area contributed by atoms with E-state index in [1.54, 1.807) is 6.92 Å². The van der Waals surface area contributed by atoms with E-state index in [9.17, 15) is 13.2 Å². The molecule has 118 valence electrons. The van der Waals surface area contributed by atoms with E-state index in [2.05, 4.69) is 4.98 Å². The van der Waals surface area contributed by atoms with Crippen LogP contribution < -0.4 is 0 Å². The van der Waals surface area contributed by atoms with Gasteiger partial charge < -0.3 is 9.52 Å². The summed E-state index contributed by atoms with van der Waals surface area (Å²) in [6, 6.07) is 5.70. The number of rotatable bonds is 5. The molecule has 0 saturated heterocycles. The summed E-state index contributed by atoms with van der Waals surface area (Å²) in [5.41, 5.74) is 3.22. The topological polar surface area (TPSA) is 97.5 Å². The molecule has 2 aromatic rings. The van der Waals surface area contributed by atoms with Gasteiger partial charge in [-0.1, -0.05) is 6.07 Å². The van der Waals surface area contributed by atoms with Gasteiger partial charge in [0.1, 0.15) is 11.5 Å². The van der Waals surface area contributed by atoms with Crippen molar-refractivity contribution < 1.29 is 22.7 Å². The number of carboxylic acids is 1. The van der Waals surface area contributed by atoms with Gasteiger partial charge in [0.25, 0.3) is 0 Å². The number of carbonyl (C=O) groups is 1. The van der Waals surface area contributed by atoms with Crippen molar-refractivity contribution in [2.24, 2.45) is 0 Å². The summed E-state index contributed by atoms with van der Waals surface area (Å²) in [6.07, 6.45) is 0. The van der Waals surface area contributed by atoms with Gasteiger partial charge in [-0.15, -0.1) is 0 Å². The Bertz CT molecular complexity index is 820. The smallest absolute Gasteiger partial charge is 0.318 e. The summed E-state index contributed by atoms with van der Waals surface area (Å²) in [5.74, 6) is -2.03. The fraction of sp³-hybridized carbons (Fsp3) is 0.333. The largest absolute Gasteiger partial charge is 0.480 e. The highest BCUT2D eigenvalue weighted by atomic mass is 32.2. The van der Waals surface area contributed by atoms with Gasteiger partial charge in [-0.2, -0.15) is 0 Å². The van der Waals surface area contributed by atoms with Crippen molar-refractivity contribution in [3.05, 3.63) is 40.8 Å². The Morgan fingerprint density at radius 1 is 1.23 bits per heavy atom. The SMILES string of the molecule is Cc1ccc(-c2nc(CS(=O)(=O)CC(=O)O)c(C)o2)cc1C. The monoisotopic (exact) mass is 323 g/mol. The van der Waals surface area contributed by atoms with Crippen LogP contribution in [0, 0.1) is 20.8 Å². The van der Waals surface area contributed by atoms with Crippen LogP contribution in [0.15, 0.2) is 22.6 Å². The Morgan fingerprint density at radius 3 is 2.50 bits per heavy atom. The Hall–Kier alpha value is -2.15. The van der Waals surface area contributed by atoms with E-state index in [-0.39, 0.29) is 5.69 Å². The maximum atomic E-state index is 11.7. The van der Waals surface area contributed by atoms with E-state index >= 15 is 0 Å². The first-order valence-corrected chi connectivity index (χ1v) is 8.46. The van der Waals surface area contributed by atoms with Crippen molar-refractivity contribution in [2.75, 3.05) is 5.75 Å². The summed E-state index contributed by atoms with van der Waals surface area (Å²) in [7, 11) is -3.76. The van der Waals surface area contributed by atoms with Crippen LogP contribution in [0.3, 0.4) is 0 Å². The zero-order valence-corrected chi connectivity index (χ0v) is 13.4. The predicted molar refractivity (Wildman–Crippen MR) is 81.3 cm³/mol. The summed E-state index contributed by atoms with van der Waals surface area (Å²) >= 11 is 0. The molecule has 1 heterocycles. The first-order chi connectivity index (χ1) is 10.2. The summed E-state index contributed by atoms with van der Waals surface area (Å²) < 4.78 is 29.0. The van der Waals surface area contributed by atoms with Crippen molar-refractivity contribution >= 4 is 15.8 Å². The standard InChI is InChI=1S/C15H17NO5S/c1-9-4-5-12(6-10(9)2)15-16-13(11(3)21-15)7-22(19,20)8-14(17)18/h4-6H,7-8H2,1-3H3,(H,17,18). The van der Waals surface area contributed by atoms with Crippen LogP contribution in [0.2, 0.25) is 0 Å². The molecule has 1 N–H and O–H groups in total. The Morgan fingerprint density at radius 2 is 1.91 bits per heavy atom. The molecule has 0 saturated carbocycles. The number of aliphatic carboxylic acids is 1.